The van der Waals surface area contributed by atoms with Gasteiger partial charge in [0.15, 0.2) is 0 Å². The maximum Gasteiger partial charge on any atom is 0.325 e. The Morgan fingerprint density at radius 1 is 0.967 bits per heavy atom. The Hall–Kier alpha value is -2.69. The van der Waals surface area contributed by atoms with Crippen LogP contribution in [-0.4, -0.2) is 96.5 Å². The van der Waals surface area contributed by atoms with Gasteiger partial charge >= 0.3 is 5.97 Å². The van der Waals surface area contributed by atoms with Crippen molar-refractivity contribution in [3.8, 4) is 0 Å². The minimum absolute atomic E-state index is 0.00986. The number of carbonyl (C=O) groups excluding carboxylic acids is 5. The summed E-state index contributed by atoms with van der Waals surface area (Å²) in [5, 5.41) is 4.96. The molecule has 166 valence electrons. The number of nitrogens with zero attached hydrogens (tertiary/aromatic N) is 2. The van der Waals surface area contributed by atoms with E-state index in [0.29, 0.717) is 26.0 Å². The fourth-order valence-electron chi connectivity index (χ4n) is 3.96. The molecule has 4 amide bonds. The molecule has 0 bridgehead atoms. The van der Waals surface area contributed by atoms with Gasteiger partial charge in [-0.05, 0) is 26.7 Å². The molecule has 3 heterocycles. The fraction of sp³-hybridized carbons (Fsp3) is 0.737. The number of rotatable bonds is 0. The maximum atomic E-state index is 13.3. The number of hydrogen-bond donors (Lipinski definition) is 2. The molecule has 11 nitrogen and oxygen atoms in total. The van der Waals surface area contributed by atoms with Gasteiger partial charge in [-0.15, -0.1) is 0 Å². The highest BCUT2D eigenvalue weighted by atomic mass is 16.5. The zero-order valence-corrected chi connectivity index (χ0v) is 17.2. The summed E-state index contributed by atoms with van der Waals surface area (Å²) in [6.07, 6.45) is 0.419. The van der Waals surface area contributed by atoms with Crippen LogP contribution >= 0.6 is 0 Å². The number of nitrogens with one attached hydrogen (secondary N) is 2. The number of morpholine rings is 1. The third-order valence-corrected chi connectivity index (χ3v) is 5.53. The highest BCUT2D eigenvalue weighted by Crippen LogP contribution is 2.23. The van der Waals surface area contributed by atoms with Gasteiger partial charge in [0.1, 0.15) is 30.8 Å². The molecule has 11 heteroatoms. The summed E-state index contributed by atoms with van der Waals surface area (Å²) in [6, 6.07) is -2.47. The standard InChI is InChI=1S/C19H28N4O7/c1-11-8-15(24)22-5-3-4-13(22)19(28)23-6-7-29-10-14(23)18(27)21-12(2)17(26)20-9-16(25)30-11/h11-14H,3-10H2,1-2H3,(H,20,26)(H,21,27). The molecule has 3 aliphatic heterocycles. The minimum Gasteiger partial charge on any atom is -0.461 e. The highest BCUT2D eigenvalue weighted by molar-refractivity contribution is 5.95. The van der Waals surface area contributed by atoms with Gasteiger partial charge < -0.3 is 29.9 Å². The third-order valence-electron chi connectivity index (χ3n) is 5.53. The minimum atomic E-state index is -0.918. The summed E-state index contributed by atoms with van der Waals surface area (Å²) in [5.74, 6) is -2.36. The normalized spacial score (nSPS) is 32.1. The molecule has 0 spiro atoms. The van der Waals surface area contributed by atoms with E-state index in [4.69, 9.17) is 9.47 Å². The van der Waals surface area contributed by atoms with E-state index in [1.165, 1.54) is 16.7 Å². The number of amides is 4. The monoisotopic (exact) mass is 424 g/mol. The number of fused-ring (bicyclic) bond motifs is 2. The molecule has 4 unspecified atom stereocenters. The topological polar surface area (TPSA) is 134 Å². The SMILES string of the molecule is CC1CC(=O)N2CCCC2C(=O)N2CCOCC2C(=O)NC(C)C(=O)NCC(=O)O1. The number of hydrogen-bond acceptors (Lipinski definition) is 7. The molecular formula is C19H28N4O7. The van der Waals surface area contributed by atoms with E-state index in [-0.39, 0.29) is 37.9 Å². The van der Waals surface area contributed by atoms with Gasteiger partial charge in [-0.25, -0.2) is 0 Å². The number of esters is 1. The van der Waals surface area contributed by atoms with Crippen molar-refractivity contribution in [2.24, 2.45) is 0 Å². The van der Waals surface area contributed by atoms with Crippen molar-refractivity contribution in [2.75, 3.05) is 32.8 Å². The molecule has 4 atom stereocenters. The summed E-state index contributed by atoms with van der Waals surface area (Å²) >= 11 is 0. The number of ether oxygens (including phenoxy) is 2. The summed E-state index contributed by atoms with van der Waals surface area (Å²) < 4.78 is 10.6. The molecule has 0 aromatic carbocycles. The zero-order chi connectivity index (χ0) is 21.8. The lowest BCUT2D eigenvalue weighted by molar-refractivity contribution is -0.157. The van der Waals surface area contributed by atoms with Crippen LogP contribution in [-0.2, 0) is 33.4 Å². The Morgan fingerprint density at radius 3 is 2.50 bits per heavy atom. The Labute approximate surface area is 174 Å². The Balaban J connectivity index is 1.85. The number of carbonyl (C=O) groups is 5. The fourth-order valence-corrected chi connectivity index (χ4v) is 3.96. The maximum absolute atomic E-state index is 13.3. The van der Waals surface area contributed by atoms with Crippen molar-refractivity contribution in [1.29, 1.82) is 0 Å². The average Bonchev–Trinajstić information content (AvgIpc) is 3.20. The molecule has 3 saturated heterocycles. The predicted molar refractivity (Wildman–Crippen MR) is 102 cm³/mol. The van der Waals surface area contributed by atoms with E-state index >= 15 is 0 Å². The molecule has 0 saturated carbocycles. The van der Waals surface area contributed by atoms with Gasteiger partial charge in [0, 0.05) is 13.1 Å². The van der Waals surface area contributed by atoms with Crippen LogP contribution in [0.25, 0.3) is 0 Å². The first-order valence-electron chi connectivity index (χ1n) is 10.2. The second-order valence-corrected chi connectivity index (χ2v) is 7.82. The molecule has 30 heavy (non-hydrogen) atoms. The summed E-state index contributed by atoms with van der Waals surface area (Å²) in [4.78, 5) is 65.9. The van der Waals surface area contributed by atoms with E-state index in [1.807, 2.05) is 0 Å². The smallest absolute Gasteiger partial charge is 0.325 e. The first-order valence-corrected chi connectivity index (χ1v) is 10.2. The molecule has 0 radical (unpaired) electrons. The molecule has 2 N–H and O–H groups in total. The van der Waals surface area contributed by atoms with Crippen molar-refractivity contribution in [3.63, 3.8) is 0 Å². The van der Waals surface area contributed by atoms with E-state index in [0.717, 1.165) is 0 Å². The lowest BCUT2D eigenvalue weighted by Crippen LogP contribution is -2.61. The van der Waals surface area contributed by atoms with Crippen molar-refractivity contribution in [2.45, 2.75) is 57.3 Å². The van der Waals surface area contributed by atoms with Crippen LogP contribution in [0.4, 0.5) is 0 Å². The Bertz CT molecular complexity index is 728. The van der Waals surface area contributed by atoms with Crippen LogP contribution in [0.1, 0.15) is 33.1 Å². The quantitative estimate of drug-likeness (QED) is 0.437. The molecule has 3 aliphatic rings. The molecule has 0 aromatic rings. The van der Waals surface area contributed by atoms with Gasteiger partial charge in [-0.2, -0.15) is 0 Å². The van der Waals surface area contributed by atoms with Crippen LogP contribution in [0.5, 0.6) is 0 Å². The Morgan fingerprint density at radius 2 is 1.73 bits per heavy atom. The van der Waals surface area contributed by atoms with Crippen molar-refractivity contribution < 1.29 is 33.4 Å². The zero-order valence-electron chi connectivity index (χ0n) is 17.2. The Kier molecular flexibility index (Phi) is 6.91. The second-order valence-electron chi connectivity index (χ2n) is 7.82. The predicted octanol–water partition coefficient (Wildman–Crippen LogP) is -1.84. The van der Waals surface area contributed by atoms with E-state index in [9.17, 15) is 24.0 Å². The van der Waals surface area contributed by atoms with Crippen LogP contribution in [0.2, 0.25) is 0 Å². The molecule has 3 rings (SSSR count). The third kappa shape index (κ3) is 4.89. The largest absolute Gasteiger partial charge is 0.461 e. The van der Waals surface area contributed by atoms with Crippen molar-refractivity contribution in [3.05, 3.63) is 0 Å². The highest BCUT2D eigenvalue weighted by Gasteiger charge is 2.42. The van der Waals surface area contributed by atoms with E-state index < -0.39 is 42.0 Å². The molecule has 0 aliphatic carbocycles. The lowest BCUT2D eigenvalue weighted by Gasteiger charge is -2.38. The van der Waals surface area contributed by atoms with Gasteiger partial charge in [0.25, 0.3) is 0 Å². The van der Waals surface area contributed by atoms with Crippen molar-refractivity contribution >= 4 is 29.6 Å². The van der Waals surface area contributed by atoms with Gasteiger partial charge in [0.2, 0.25) is 23.6 Å². The van der Waals surface area contributed by atoms with Gasteiger partial charge in [0.05, 0.1) is 19.6 Å². The van der Waals surface area contributed by atoms with E-state index in [1.54, 1.807) is 6.92 Å². The average molecular weight is 424 g/mol. The van der Waals surface area contributed by atoms with Gasteiger partial charge in [-0.3, -0.25) is 24.0 Å². The summed E-state index contributed by atoms with van der Waals surface area (Å²) in [7, 11) is 0. The van der Waals surface area contributed by atoms with Crippen LogP contribution in [0.15, 0.2) is 0 Å². The number of cyclic esters (lactones) is 1. The van der Waals surface area contributed by atoms with Crippen LogP contribution in [0.3, 0.4) is 0 Å². The molecule has 3 fully saturated rings. The van der Waals surface area contributed by atoms with Crippen LogP contribution < -0.4 is 10.6 Å². The van der Waals surface area contributed by atoms with Gasteiger partial charge in [-0.1, -0.05) is 0 Å². The lowest BCUT2D eigenvalue weighted by atomic mass is 10.1. The summed E-state index contributed by atoms with van der Waals surface area (Å²) in [6.45, 7) is 3.66. The summed E-state index contributed by atoms with van der Waals surface area (Å²) in [5.41, 5.74) is 0. The second kappa shape index (κ2) is 9.41. The van der Waals surface area contributed by atoms with E-state index in [2.05, 4.69) is 10.6 Å². The van der Waals surface area contributed by atoms with Crippen LogP contribution in [0, 0.1) is 0 Å². The first kappa shape index (κ1) is 22.0. The van der Waals surface area contributed by atoms with Crippen molar-refractivity contribution in [1.82, 2.24) is 20.4 Å². The first-order chi connectivity index (χ1) is 14.3. The molecular weight excluding hydrogens is 396 g/mol. The molecule has 0 aromatic heterocycles.